The number of nitrogens with two attached hydrogens (primary N) is 1. The van der Waals surface area contributed by atoms with Gasteiger partial charge in [0.2, 0.25) is 0 Å². The number of rotatable bonds is 17. The fraction of sp³-hybridized carbons (Fsp3) is 0.826. The number of aliphatic imine (C=N–C) groups is 1. The maximum atomic E-state index is 12.3. The Morgan fingerprint density at radius 2 is 1.52 bits per heavy atom. The van der Waals surface area contributed by atoms with Gasteiger partial charge in [0.15, 0.2) is 11.6 Å². The van der Waals surface area contributed by atoms with Crippen LogP contribution in [-0.4, -0.2) is 35.8 Å². The van der Waals surface area contributed by atoms with Gasteiger partial charge in [0.25, 0.3) is 0 Å². The minimum atomic E-state index is -0.224. The van der Waals surface area contributed by atoms with Crippen molar-refractivity contribution in [2.24, 2.45) is 10.7 Å². The highest BCUT2D eigenvalue weighted by Gasteiger charge is 2.25. The zero-order valence-corrected chi connectivity index (χ0v) is 17.9. The van der Waals surface area contributed by atoms with Crippen LogP contribution in [0.5, 0.6) is 0 Å². The predicted molar refractivity (Wildman–Crippen MR) is 117 cm³/mol. The molecule has 156 valence electrons. The molecule has 0 saturated carbocycles. The molecule has 27 heavy (non-hydrogen) atoms. The molecule has 0 aromatic carbocycles. The molecule has 0 saturated heterocycles. The van der Waals surface area contributed by atoms with E-state index in [4.69, 9.17) is 5.73 Å². The number of nitrogens with zero attached hydrogens (tertiary/aromatic N) is 2. The Morgan fingerprint density at radius 1 is 0.963 bits per heavy atom. The van der Waals surface area contributed by atoms with E-state index in [1.54, 1.807) is 0 Å². The number of ketones is 1. The summed E-state index contributed by atoms with van der Waals surface area (Å²) in [6.45, 7) is 5.81. The van der Waals surface area contributed by atoms with E-state index in [2.05, 4.69) is 24.1 Å². The molecule has 0 aliphatic carbocycles. The maximum Gasteiger partial charge on any atom is 0.197 e. The minimum Gasteiger partial charge on any atom is -0.351 e. The topological polar surface area (TPSA) is 58.7 Å². The first kappa shape index (κ1) is 23.9. The molecular weight excluding hydrogens is 334 g/mol. The number of carbonyl (C=O) groups is 1. The second-order valence-corrected chi connectivity index (χ2v) is 7.82. The highest BCUT2D eigenvalue weighted by atomic mass is 16.1. The van der Waals surface area contributed by atoms with Crippen molar-refractivity contribution >= 4 is 11.6 Å². The third-order valence-corrected chi connectivity index (χ3v) is 5.29. The molecule has 0 aromatic rings. The minimum absolute atomic E-state index is 0.169. The largest absolute Gasteiger partial charge is 0.351 e. The highest BCUT2D eigenvalue weighted by molar-refractivity contribution is 6.39. The summed E-state index contributed by atoms with van der Waals surface area (Å²) in [5.41, 5.74) is 5.83. The van der Waals surface area contributed by atoms with Gasteiger partial charge in [-0.3, -0.25) is 4.79 Å². The van der Waals surface area contributed by atoms with Gasteiger partial charge in [-0.15, -0.1) is 0 Å². The zero-order chi connectivity index (χ0) is 19.7. The first-order valence-electron chi connectivity index (χ1n) is 11.5. The van der Waals surface area contributed by atoms with Gasteiger partial charge in [-0.05, 0) is 39.0 Å². The molecule has 1 heterocycles. The Labute approximate surface area is 167 Å². The van der Waals surface area contributed by atoms with E-state index in [9.17, 15) is 4.79 Å². The third kappa shape index (κ3) is 11.3. The monoisotopic (exact) mass is 377 g/mol. The van der Waals surface area contributed by atoms with Crippen LogP contribution in [0.25, 0.3) is 0 Å². The average molecular weight is 378 g/mol. The molecule has 1 aliphatic heterocycles. The molecule has 0 amide bonds. The van der Waals surface area contributed by atoms with Gasteiger partial charge in [0.1, 0.15) is 6.17 Å². The summed E-state index contributed by atoms with van der Waals surface area (Å²) >= 11 is 0. The van der Waals surface area contributed by atoms with Crippen LogP contribution in [0, 0.1) is 0 Å². The van der Waals surface area contributed by atoms with Crippen LogP contribution in [0.3, 0.4) is 0 Å². The number of Topliss-reactive ketones (excluding diaryl/α,β-unsaturated/α-hetero) is 1. The number of carbonyl (C=O) groups excluding carboxylic acids is 1. The van der Waals surface area contributed by atoms with Crippen LogP contribution < -0.4 is 5.73 Å². The standard InChI is InChI=1S/C23H43N3O/c1-3-5-6-7-8-9-10-11-12-13-14-15-16-17-18-19-21(27)23-25-22(24)20-26(23)4-2/h11-12,22H,3-10,13-20,24H2,1-2H3. The van der Waals surface area contributed by atoms with Crippen LogP contribution >= 0.6 is 0 Å². The normalized spacial score (nSPS) is 17.1. The number of allylic oxidation sites excluding steroid dienone is 2. The SMILES string of the molecule is CCCCCCCCC=CCCCCCCCC(=O)C1=NC(N)CN1CC. The van der Waals surface area contributed by atoms with Crippen molar-refractivity contribution in [2.45, 2.75) is 110 Å². The van der Waals surface area contributed by atoms with Crippen LogP contribution in [0.2, 0.25) is 0 Å². The van der Waals surface area contributed by atoms with Gasteiger partial charge in [0, 0.05) is 13.0 Å². The summed E-state index contributed by atoms with van der Waals surface area (Å²) in [6.07, 6.45) is 21.7. The van der Waals surface area contributed by atoms with E-state index in [1.807, 2.05) is 11.8 Å². The number of amidine groups is 1. The molecule has 1 unspecified atom stereocenters. The molecule has 1 aliphatic rings. The van der Waals surface area contributed by atoms with Crippen LogP contribution in [0.1, 0.15) is 104 Å². The molecular formula is C23H43N3O. The van der Waals surface area contributed by atoms with Crippen molar-refractivity contribution in [1.29, 1.82) is 0 Å². The lowest BCUT2D eigenvalue weighted by atomic mass is 10.1. The third-order valence-electron chi connectivity index (χ3n) is 5.29. The molecule has 1 rings (SSSR count). The lowest BCUT2D eigenvalue weighted by molar-refractivity contribution is -0.113. The summed E-state index contributed by atoms with van der Waals surface area (Å²) in [6, 6.07) is 0. The van der Waals surface area contributed by atoms with Crippen molar-refractivity contribution < 1.29 is 4.79 Å². The van der Waals surface area contributed by atoms with E-state index in [1.165, 1.54) is 70.6 Å². The van der Waals surface area contributed by atoms with Gasteiger partial charge in [-0.25, -0.2) is 4.99 Å². The molecule has 0 spiro atoms. The molecule has 0 bridgehead atoms. The second-order valence-electron chi connectivity index (χ2n) is 7.82. The molecule has 1 atom stereocenters. The van der Waals surface area contributed by atoms with Crippen molar-refractivity contribution in [3.05, 3.63) is 12.2 Å². The second kappa shape index (κ2) is 15.9. The van der Waals surface area contributed by atoms with E-state index in [0.717, 1.165) is 19.4 Å². The maximum absolute atomic E-state index is 12.3. The summed E-state index contributed by atoms with van der Waals surface area (Å²) in [5.74, 6) is 0.780. The Morgan fingerprint density at radius 3 is 2.11 bits per heavy atom. The van der Waals surface area contributed by atoms with E-state index < -0.39 is 0 Å². The summed E-state index contributed by atoms with van der Waals surface area (Å²) in [7, 11) is 0. The first-order chi connectivity index (χ1) is 13.2. The number of likely N-dealkylation sites (N-methyl/N-ethyl adjacent to an activating group) is 1. The van der Waals surface area contributed by atoms with Gasteiger partial charge in [-0.2, -0.15) is 0 Å². The molecule has 0 radical (unpaired) electrons. The van der Waals surface area contributed by atoms with Gasteiger partial charge < -0.3 is 10.6 Å². The Kier molecular flexibility index (Phi) is 14.0. The number of unbranched alkanes of at least 4 members (excludes halogenated alkanes) is 11. The lowest BCUT2D eigenvalue weighted by Crippen LogP contribution is -2.35. The quantitative estimate of drug-likeness (QED) is 0.265. The fourth-order valence-corrected chi connectivity index (χ4v) is 3.59. The Balaban J connectivity index is 1.91. The van der Waals surface area contributed by atoms with Gasteiger partial charge in [-0.1, -0.05) is 70.4 Å². The van der Waals surface area contributed by atoms with Crippen LogP contribution in [-0.2, 0) is 4.79 Å². The molecule has 2 N–H and O–H groups in total. The van der Waals surface area contributed by atoms with Crippen molar-refractivity contribution in [3.8, 4) is 0 Å². The summed E-state index contributed by atoms with van der Waals surface area (Å²) in [5, 5.41) is 0. The predicted octanol–water partition coefficient (Wildman–Crippen LogP) is 5.61. The van der Waals surface area contributed by atoms with E-state index in [0.29, 0.717) is 18.8 Å². The highest BCUT2D eigenvalue weighted by Crippen LogP contribution is 2.12. The van der Waals surface area contributed by atoms with Crippen LogP contribution in [0.15, 0.2) is 17.1 Å². The van der Waals surface area contributed by atoms with Crippen molar-refractivity contribution in [2.75, 3.05) is 13.1 Å². The lowest BCUT2D eigenvalue weighted by Gasteiger charge is -2.16. The van der Waals surface area contributed by atoms with Gasteiger partial charge in [0.05, 0.1) is 6.54 Å². The van der Waals surface area contributed by atoms with Crippen molar-refractivity contribution in [3.63, 3.8) is 0 Å². The van der Waals surface area contributed by atoms with Gasteiger partial charge >= 0.3 is 0 Å². The molecule has 0 fully saturated rings. The summed E-state index contributed by atoms with van der Waals surface area (Å²) in [4.78, 5) is 18.6. The van der Waals surface area contributed by atoms with E-state index in [-0.39, 0.29) is 11.9 Å². The molecule has 4 heteroatoms. The number of hydrogen-bond acceptors (Lipinski definition) is 4. The fourth-order valence-electron chi connectivity index (χ4n) is 3.59. The van der Waals surface area contributed by atoms with E-state index >= 15 is 0 Å². The van der Waals surface area contributed by atoms with Crippen molar-refractivity contribution in [1.82, 2.24) is 4.90 Å². The Bertz CT molecular complexity index is 445. The molecule has 0 aromatic heterocycles. The Hall–Kier alpha value is -1.16. The molecule has 4 nitrogen and oxygen atoms in total. The smallest absolute Gasteiger partial charge is 0.197 e. The first-order valence-corrected chi connectivity index (χ1v) is 11.5. The average Bonchev–Trinajstić information content (AvgIpc) is 3.05. The number of hydrogen-bond donors (Lipinski definition) is 1. The zero-order valence-electron chi connectivity index (χ0n) is 17.9. The summed E-state index contributed by atoms with van der Waals surface area (Å²) < 4.78 is 0. The van der Waals surface area contributed by atoms with Crippen LogP contribution in [0.4, 0.5) is 0 Å².